The molecule has 0 N–H and O–H groups in total. The van der Waals surface area contributed by atoms with E-state index in [1.165, 1.54) is 11.1 Å². The highest BCUT2D eigenvalue weighted by atomic mass is 32.1. The topological polar surface area (TPSA) is 68.4 Å². The summed E-state index contributed by atoms with van der Waals surface area (Å²) in [5.41, 5.74) is 1.97. The number of fused-ring (bicyclic) bond motifs is 1. The van der Waals surface area contributed by atoms with Crippen molar-refractivity contribution in [2.75, 3.05) is 26.3 Å². The quantitative estimate of drug-likeness (QED) is 0.402. The van der Waals surface area contributed by atoms with Gasteiger partial charge >= 0.3 is 0 Å². The fourth-order valence-electron chi connectivity index (χ4n) is 3.69. The van der Waals surface area contributed by atoms with Gasteiger partial charge in [-0.1, -0.05) is 23.5 Å². The van der Waals surface area contributed by atoms with E-state index < -0.39 is 0 Å². The Morgan fingerprint density at radius 2 is 1.91 bits per heavy atom. The van der Waals surface area contributed by atoms with Crippen LogP contribution < -0.4 is 14.3 Å². The van der Waals surface area contributed by atoms with Crippen LogP contribution in [0, 0.1) is 0 Å². The van der Waals surface area contributed by atoms with Gasteiger partial charge in [-0.05, 0) is 62.1 Å². The maximum atomic E-state index is 12.4. The van der Waals surface area contributed by atoms with Crippen LogP contribution in [0.3, 0.4) is 0 Å². The number of ether oxygens (including phenoxy) is 2. The number of thiazole rings is 1. The maximum Gasteiger partial charge on any atom is 0.260 e. The van der Waals surface area contributed by atoms with Gasteiger partial charge in [0, 0.05) is 20.1 Å². The molecule has 1 amide bonds. The third-order valence-electron chi connectivity index (χ3n) is 5.39. The second kappa shape index (κ2) is 10.5. The van der Waals surface area contributed by atoms with E-state index in [1.54, 1.807) is 17.6 Å². The predicted octanol–water partition coefficient (Wildman–Crippen LogP) is 3.96. The standard InChI is InChI=1S/C24H28N4O3S/c1-3-30-21-15-18(11-12-20(21)31-17-23(29)28-13-7-4-8-14-28)16-25-26-24-27(2)19-9-5-6-10-22(19)32-24/h5-6,9-12,15-16H,3-4,7-8,13-14,17H2,1-2H3/b25-16+,26-24-. The Morgan fingerprint density at radius 1 is 1.09 bits per heavy atom. The lowest BCUT2D eigenvalue weighted by Gasteiger charge is -2.26. The lowest BCUT2D eigenvalue weighted by molar-refractivity contribution is -0.134. The van der Waals surface area contributed by atoms with Gasteiger partial charge in [0.05, 0.1) is 23.0 Å². The molecule has 0 atom stereocenters. The molecular weight excluding hydrogens is 424 g/mol. The Labute approximate surface area is 191 Å². The van der Waals surface area contributed by atoms with Gasteiger partial charge in [0.15, 0.2) is 18.1 Å². The Balaban J connectivity index is 1.47. The summed E-state index contributed by atoms with van der Waals surface area (Å²) in [6, 6.07) is 13.7. The third kappa shape index (κ3) is 5.19. The van der Waals surface area contributed by atoms with Crippen molar-refractivity contribution in [3.8, 4) is 11.5 Å². The molecule has 1 fully saturated rings. The van der Waals surface area contributed by atoms with Gasteiger partial charge in [-0.3, -0.25) is 4.79 Å². The number of amides is 1. The van der Waals surface area contributed by atoms with E-state index in [0.717, 1.165) is 41.8 Å². The Morgan fingerprint density at radius 3 is 2.69 bits per heavy atom. The maximum absolute atomic E-state index is 12.4. The van der Waals surface area contributed by atoms with Crippen LogP contribution in [0.15, 0.2) is 52.7 Å². The van der Waals surface area contributed by atoms with E-state index in [0.29, 0.717) is 18.1 Å². The Kier molecular flexibility index (Phi) is 7.21. The van der Waals surface area contributed by atoms with Crippen LogP contribution in [0.25, 0.3) is 10.2 Å². The molecule has 1 aliphatic rings. The minimum absolute atomic E-state index is 0.0191. The zero-order chi connectivity index (χ0) is 22.3. The fraction of sp³-hybridized carbons (Fsp3) is 0.375. The number of para-hydroxylation sites is 1. The van der Waals surface area contributed by atoms with E-state index in [1.807, 2.05) is 53.8 Å². The minimum Gasteiger partial charge on any atom is -0.490 e. The van der Waals surface area contributed by atoms with E-state index >= 15 is 0 Å². The number of nitrogens with zero attached hydrogens (tertiary/aromatic N) is 4. The second-order valence-electron chi connectivity index (χ2n) is 7.63. The summed E-state index contributed by atoms with van der Waals surface area (Å²) in [6.07, 6.45) is 5.01. The van der Waals surface area contributed by atoms with E-state index in [4.69, 9.17) is 9.47 Å². The van der Waals surface area contributed by atoms with Crippen molar-refractivity contribution in [3.63, 3.8) is 0 Å². The molecule has 0 aliphatic carbocycles. The molecule has 7 nitrogen and oxygen atoms in total. The summed E-state index contributed by atoms with van der Waals surface area (Å²) < 4.78 is 14.7. The van der Waals surface area contributed by atoms with Crippen LogP contribution in [0.2, 0.25) is 0 Å². The van der Waals surface area contributed by atoms with Gasteiger partial charge in [-0.25, -0.2) is 0 Å². The van der Waals surface area contributed by atoms with Crippen molar-refractivity contribution < 1.29 is 14.3 Å². The van der Waals surface area contributed by atoms with Crippen molar-refractivity contribution >= 4 is 33.7 Å². The number of piperidine rings is 1. The first-order chi connectivity index (χ1) is 15.7. The molecule has 3 aromatic rings. The van der Waals surface area contributed by atoms with Gasteiger partial charge in [-0.2, -0.15) is 5.10 Å². The van der Waals surface area contributed by atoms with Gasteiger partial charge in [0.1, 0.15) is 0 Å². The first-order valence-electron chi connectivity index (χ1n) is 10.9. The molecular formula is C24H28N4O3S. The lowest BCUT2D eigenvalue weighted by Crippen LogP contribution is -2.38. The number of carbonyl (C=O) groups excluding carboxylic acids is 1. The number of rotatable bonds is 7. The Bertz CT molecular complexity index is 1180. The van der Waals surface area contributed by atoms with Crippen molar-refractivity contribution in [2.24, 2.45) is 17.3 Å². The molecule has 32 heavy (non-hydrogen) atoms. The summed E-state index contributed by atoms with van der Waals surface area (Å²) in [7, 11) is 1.98. The normalized spacial score (nSPS) is 14.9. The van der Waals surface area contributed by atoms with Crippen LogP contribution in [0.5, 0.6) is 11.5 Å². The smallest absolute Gasteiger partial charge is 0.260 e. The number of benzene rings is 2. The van der Waals surface area contributed by atoms with Gasteiger partial charge < -0.3 is 18.9 Å². The number of hydrogen-bond donors (Lipinski definition) is 0. The molecule has 8 heteroatoms. The summed E-state index contributed by atoms with van der Waals surface area (Å²) in [6.45, 7) is 4.07. The van der Waals surface area contributed by atoms with Crippen molar-refractivity contribution in [1.29, 1.82) is 0 Å². The van der Waals surface area contributed by atoms with Crippen LogP contribution in [-0.2, 0) is 11.8 Å². The van der Waals surface area contributed by atoms with Crippen LogP contribution >= 0.6 is 11.3 Å². The number of aryl methyl sites for hydroxylation is 1. The zero-order valence-electron chi connectivity index (χ0n) is 18.5. The number of hydrogen-bond acceptors (Lipinski definition) is 6. The first-order valence-corrected chi connectivity index (χ1v) is 11.8. The molecule has 0 unspecified atom stereocenters. The monoisotopic (exact) mass is 452 g/mol. The van der Waals surface area contributed by atoms with Crippen LogP contribution in [0.4, 0.5) is 0 Å². The van der Waals surface area contributed by atoms with Crippen molar-refractivity contribution in [3.05, 3.63) is 52.8 Å². The molecule has 0 saturated carbocycles. The van der Waals surface area contributed by atoms with E-state index in [2.05, 4.69) is 22.3 Å². The van der Waals surface area contributed by atoms with Gasteiger partial charge in [0.25, 0.3) is 5.91 Å². The summed E-state index contributed by atoms with van der Waals surface area (Å²) in [4.78, 5) is 15.1. The van der Waals surface area contributed by atoms with Crippen LogP contribution in [-0.4, -0.2) is 47.9 Å². The van der Waals surface area contributed by atoms with Crippen molar-refractivity contribution in [2.45, 2.75) is 26.2 Å². The molecule has 2 aromatic carbocycles. The third-order valence-corrected chi connectivity index (χ3v) is 6.50. The molecule has 1 saturated heterocycles. The SMILES string of the molecule is CCOc1cc(/C=N/N=c2\sc3ccccc3n2C)ccc1OCC(=O)N1CCCCC1. The van der Waals surface area contributed by atoms with Gasteiger partial charge in [0.2, 0.25) is 4.80 Å². The van der Waals surface area contributed by atoms with Gasteiger partial charge in [-0.15, -0.1) is 5.10 Å². The van der Waals surface area contributed by atoms with E-state index in [-0.39, 0.29) is 12.5 Å². The minimum atomic E-state index is 0.0191. The number of aromatic nitrogens is 1. The molecule has 0 spiro atoms. The second-order valence-corrected chi connectivity index (χ2v) is 8.63. The first kappa shape index (κ1) is 22.1. The molecule has 1 aromatic heterocycles. The molecule has 4 rings (SSSR count). The molecule has 1 aliphatic heterocycles. The number of likely N-dealkylation sites (tertiary alicyclic amines) is 1. The molecule has 168 valence electrons. The fourth-order valence-corrected chi connectivity index (χ4v) is 4.67. The Hall–Kier alpha value is -3.13. The highest BCUT2D eigenvalue weighted by Crippen LogP contribution is 2.28. The average Bonchev–Trinajstić information content (AvgIpc) is 3.15. The zero-order valence-corrected chi connectivity index (χ0v) is 19.3. The summed E-state index contributed by atoms with van der Waals surface area (Å²) in [5.74, 6) is 1.17. The summed E-state index contributed by atoms with van der Waals surface area (Å²) in [5, 5.41) is 8.64. The van der Waals surface area contributed by atoms with Crippen LogP contribution in [0.1, 0.15) is 31.7 Å². The molecule has 0 radical (unpaired) electrons. The molecule has 2 heterocycles. The lowest BCUT2D eigenvalue weighted by atomic mass is 10.1. The van der Waals surface area contributed by atoms with Crippen molar-refractivity contribution in [1.82, 2.24) is 9.47 Å². The largest absolute Gasteiger partial charge is 0.490 e. The van der Waals surface area contributed by atoms with E-state index in [9.17, 15) is 4.79 Å². The average molecular weight is 453 g/mol. The number of carbonyl (C=O) groups is 1. The highest BCUT2D eigenvalue weighted by molar-refractivity contribution is 7.16. The summed E-state index contributed by atoms with van der Waals surface area (Å²) >= 11 is 1.60. The molecule has 0 bridgehead atoms. The predicted molar refractivity (Wildman–Crippen MR) is 127 cm³/mol. The highest BCUT2D eigenvalue weighted by Gasteiger charge is 2.17.